The zero-order valence-corrected chi connectivity index (χ0v) is 5.11. The Bertz CT molecular complexity index is 121. The van der Waals surface area contributed by atoms with Crippen LogP contribution in [0.25, 0.3) is 0 Å². The Balaban J connectivity index is 3.56. The van der Waals surface area contributed by atoms with Gasteiger partial charge in [0.05, 0.1) is 0 Å². The van der Waals surface area contributed by atoms with Gasteiger partial charge in [0.2, 0.25) is 0 Å². The van der Waals surface area contributed by atoms with Crippen LogP contribution in [0.1, 0.15) is 6.92 Å². The van der Waals surface area contributed by atoms with Gasteiger partial charge >= 0.3 is 6.09 Å². The van der Waals surface area contributed by atoms with Crippen LogP contribution in [0.3, 0.4) is 0 Å². The maximum absolute atomic E-state index is 9.84. The van der Waals surface area contributed by atoms with Crippen LogP contribution in [0.2, 0.25) is 0 Å². The number of carbonyl (C=O) groups excluding carboxylic acids is 1. The van der Waals surface area contributed by atoms with Gasteiger partial charge in [0, 0.05) is 0 Å². The third kappa shape index (κ3) is 3.49. The van der Waals surface area contributed by atoms with Crippen molar-refractivity contribution in [3.8, 4) is 0 Å². The SMILES string of the molecule is C/C=C(\Cl)OC(N)=O. The molecule has 4 heteroatoms. The zero-order chi connectivity index (χ0) is 6.57. The van der Waals surface area contributed by atoms with Gasteiger partial charge in [-0.1, -0.05) is 0 Å². The molecule has 0 saturated carbocycles. The van der Waals surface area contributed by atoms with E-state index in [1.165, 1.54) is 6.08 Å². The normalized spacial score (nSPS) is 11.0. The van der Waals surface area contributed by atoms with Crippen molar-refractivity contribution >= 4 is 17.7 Å². The molecule has 0 bridgehead atoms. The van der Waals surface area contributed by atoms with Gasteiger partial charge in [0.15, 0.2) is 5.22 Å². The van der Waals surface area contributed by atoms with Gasteiger partial charge in [-0.3, -0.25) is 0 Å². The summed E-state index contributed by atoms with van der Waals surface area (Å²) in [5.41, 5.74) is 4.58. The molecule has 46 valence electrons. The van der Waals surface area contributed by atoms with Crippen LogP contribution in [-0.4, -0.2) is 6.09 Å². The number of allylic oxidation sites excluding steroid dienone is 1. The Morgan fingerprint density at radius 1 is 1.88 bits per heavy atom. The quantitative estimate of drug-likeness (QED) is 0.549. The first-order valence-corrected chi connectivity index (χ1v) is 2.33. The van der Waals surface area contributed by atoms with Gasteiger partial charge in [-0.25, -0.2) is 4.79 Å². The molecule has 0 aromatic carbocycles. The summed E-state index contributed by atoms with van der Waals surface area (Å²) in [4.78, 5) is 9.84. The predicted molar refractivity (Wildman–Crippen MR) is 30.3 cm³/mol. The fraction of sp³-hybridized carbons (Fsp3) is 0.250. The third-order valence-electron chi connectivity index (χ3n) is 0.425. The van der Waals surface area contributed by atoms with E-state index in [4.69, 9.17) is 11.6 Å². The highest BCUT2D eigenvalue weighted by Crippen LogP contribution is 2.00. The molecule has 0 aromatic heterocycles. The Labute approximate surface area is 52.1 Å². The molecule has 0 aliphatic heterocycles. The van der Waals surface area contributed by atoms with E-state index in [0.717, 1.165) is 0 Å². The highest BCUT2D eigenvalue weighted by Gasteiger charge is 1.93. The van der Waals surface area contributed by atoms with Gasteiger partial charge in [0.1, 0.15) is 0 Å². The summed E-state index contributed by atoms with van der Waals surface area (Å²) in [5, 5.41) is -0.00231. The van der Waals surface area contributed by atoms with E-state index in [1.54, 1.807) is 6.92 Å². The Hall–Kier alpha value is -0.700. The average Bonchev–Trinajstić information content (AvgIpc) is 1.65. The molecule has 0 fully saturated rings. The van der Waals surface area contributed by atoms with Crippen molar-refractivity contribution in [3.05, 3.63) is 11.3 Å². The second kappa shape index (κ2) is 3.32. The maximum atomic E-state index is 9.84. The fourth-order valence-electron chi connectivity index (χ4n) is 0.155. The number of rotatable bonds is 1. The Kier molecular flexibility index (Phi) is 3.03. The number of carbonyl (C=O) groups is 1. The molecule has 0 heterocycles. The Morgan fingerprint density at radius 3 is 2.50 bits per heavy atom. The molecule has 0 saturated heterocycles. The molecule has 2 N–H and O–H groups in total. The number of hydrogen-bond acceptors (Lipinski definition) is 2. The summed E-state index contributed by atoms with van der Waals surface area (Å²) < 4.78 is 4.16. The topological polar surface area (TPSA) is 52.3 Å². The fourth-order valence-corrected chi connectivity index (χ4v) is 0.231. The second-order valence-electron chi connectivity index (χ2n) is 1.01. The standard InChI is InChI=1S/C4H6ClNO2/c1-2-3(5)8-4(6)7/h2H,1H3,(H2,6,7)/b3-2+. The molecule has 0 aliphatic rings. The van der Waals surface area contributed by atoms with Gasteiger partial charge in [-0.05, 0) is 24.6 Å². The first kappa shape index (κ1) is 7.30. The highest BCUT2D eigenvalue weighted by molar-refractivity contribution is 6.28. The van der Waals surface area contributed by atoms with Gasteiger partial charge in [-0.2, -0.15) is 0 Å². The van der Waals surface area contributed by atoms with Crippen molar-refractivity contribution in [3.63, 3.8) is 0 Å². The van der Waals surface area contributed by atoms with Crippen molar-refractivity contribution in [2.24, 2.45) is 5.73 Å². The number of nitrogens with two attached hydrogens (primary N) is 1. The third-order valence-corrected chi connectivity index (χ3v) is 0.720. The van der Waals surface area contributed by atoms with Gasteiger partial charge in [0.25, 0.3) is 0 Å². The number of ether oxygens (including phenoxy) is 1. The number of hydrogen-bond donors (Lipinski definition) is 1. The van der Waals surface area contributed by atoms with Crippen LogP contribution in [0.5, 0.6) is 0 Å². The molecular formula is C4H6ClNO2. The summed E-state index contributed by atoms with van der Waals surface area (Å²) in [7, 11) is 0. The van der Waals surface area contributed by atoms with E-state index in [9.17, 15) is 4.79 Å². The van der Waals surface area contributed by atoms with Crippen LogP contribution in [0.15, 0.2) is 11.3 Å². The zero-order valence-electron chi connectivity index (χ0n) is 4.35. The molecule has 0 aliphatic carbocycles. The van der Waals surface area contributed by atoms with E-state index >= 15 is 0 Å². The molecular weight excluding hydrogens is 130 g/mol. The van der Waals surface area contributed by atoms with Gasteiger partial charge < -0.3 is 10.5 Å². The van der Waals surface area contributed by atoms with Crippen molar-refractivity contribution in [2.45, 2.75) is 6.92 Å². The van der Waals surface area contributed by atoms with E-state index in [-0.39, 0.29) is 5.22 Å². The summed E-state index contributed by atoms with van der Waals surface area (Å²) in [5.74, 6) is 0. The number of amides is 1. The van der Waals surface area contributed by atoms with E-state index in [2.05, 4.69) is 10.5 Å². The molecule has 0 radical (unpaired) electrons. The summed E-state index contributed by atoms with van der Waals surface area (Å²) in [6, 6.07) is 0. The van der Waals surface area contributed by atoms with Crippen molar-refractivity contribution in [1.29, 1.82) is 0 Å². The largest absolute Gasteiger partial charge is 0.410 e. The monoisotopic (exact) mass is 135 g/mol. The molecule has 0 spiro atoms. The first-order valence-electron chi connectivity index (χ1n) is 1.96. The van der Waals surface area contributed by atoms with Crippen molar-refractivity contribution in [1.82, 2.24) is 0 Å². The van der Waals surface area contributed by atoms with E-state index in [1.807, 2.05) is 0 Å². The van der Waals surface area contributed by atoms with Crippen LogP contribution < -0.4 is 5.73 Å². The lowest BCUT2D eigenvalue weighted by Crippen LogP contribution is -2.10. The lowest BCUT2D eigenvalue weighted by molar-refractivity contribution is 0.193. The van der Waals surface area contributed by atoms with Crippen molar-refractivity contribution in [2.75, 3.05) is 0 Å². The Morgan fingerprint density at radius 2 is 2.38 bits per heavy atom. The van der Waals surface area contributed by atoms with E-state index in [0.29, 0.717) is 0 Å². The first-order chi connectivity index (χ1) is 3.66. The minimum atomic E-state index is -0.895. The molecule has 0 rings (SSSR count). The second-order valence-corrected chi connectivity index (χ2v) is 1.39. The summed E-state index contributed by atoms with van der Waals surface area (Å²) >= 11 is 5.20. The predicted octanol–water partition coefficient (Wildman–Crippen LogP) is 1.18. The molecule has 0 aromatic rings. The minimum absolute atomic E-state index is 0.00231. The number of halogens is 1. The van der Waals surface area contributed by atoms with Crippen LogP contribution in [0.4, 0.5) is 4.79 Å². The maximum Gasteiger partial charge on any atom is 0.410 e. The van der Waals surface area contributed by atoms with Crippen LogP contribution in [-0.2, 0) is 4.74 Å². The summed E-state index contributed by atoms with van der Waals surface area (Å²) in [6.45, 7) is 1.63. The molecule has 8 heavy (non-hydrogen) atoms. The lowest BCUT2D eigenvalue weighted by atomic mass is 10.7. The number of primary amides is 1. The minimum Gasteiger partial charge on any atom is -0.398 e. The average molecular weight is 136 g/mol. The molecule has 0 unspecified atom stereocenters. The van der Waals surface area contributed by atoms with Crippen LogP contribution >= 0.6 is 11.6 Å². The smallest absolute Gasteiger partial charge is 0.398 e. The summed E-state index contributed by atoms with van der Waals surface area (Å²) in [6.07, 6.45) is 0.528. The highest BCUT2D eigenvalue weighted by atomic mass is 35.5. The molecule has 0 atom stereocenters. The van der Waals surface area contributed by atoms with Gasteiger partial charge in [-0.15, -0.1) is 0 Å². The lowest BCUT2D eigenvalue weighted by Gasteiger charge is -1.92. The van der Waals surface area contributed by atoms with E-state index < -0.39 is 6.09 Å². The molecule has 1 amide bonds. The van der Waals surface area contributed by atoms with Crippen LogP contribution in [0, 0.1) is 0 Å². The molecule has 3 nitrogen and oxygen atoms in total. The van der Waals surface area contributed by atoms with Crippen molar-refractivity contribution < 1.29 is 9.53 Å².